The average molecular weight is 171 g/mol. The normalized spacial score (nSPS) is 12.7. The molecule has 0 saturated carbocycles. The molecule has 0 rings (SSSR count). The third-order valence-electron chi connectivity index (χ3n) is 1.68. The van der Waals surface area contributed by atoms with E-state index in [0.717, 1.165) is 0 Å². The molecule has 0 aliphatic rings. The molecule has 1 atom stereocenters. The van der Waals surface area contributed by atoms with Gasteiger partial charge in [0, 0.05) is 6.42 Å². The van der Waals surface area contributed by atoms with E-state index in [1.807, 2.05) is 13.8 Å². The molecule has 70 valence electrons. The Morgan fingerprint density at radius 3 is 2.58 bits per heavy atom. The van der Waals surface area contributed by atoms with Crippen molar-refractivity contribution in [3.8, 4) is 0 Å². The maximum Gasteiger partial charge on any atom is 0.224 e. The van der Waals surface area contributed by atoms with Crippen molar-refractivity contribution in [3.63, 3.8) is 0 Å². The third-order valence-corrected chi connectivity index (χ3v) is 1.68. The van der Waals surface area contributed by atoms with E-state index in [4.69, 9.17) is 5.11 Å². The van der Waals surface area contributed by atoms with Crippen molar-refractivity contribution < 1.29 is 9.90 Å². The second kappa shape index (κ2) is 5.77. The van der Waals surface area contributed by atoms with Crippen molar-refractivity contribution in [2.24, 2.45) is 5.92 Å². The van der Waals surface area contributed by atoms with Crippen LogP contribution >= 0.6 is 0 Å². The zero-order chi connectivity index (χ0) is 9.56. The predicted molar refractivity (Wildman–Crippen MR) is 48.7 cm³/mol. The molecule has 0 saturated heterocycles. The molecule has 0 aromatic heterocycles. The van der Waals surface area contributed by atoms with Gasteiger partial charge >= 0.3 is 0 Å². The highest BCUT2D eigenvalue weighted by molar-refractivity contribution is 5.77. The SMILES string of the molecule is C=CCC(=O)N[C@H](CO)C(C)C. The summed E-state index contributed by atoms with van der Waals surface area (Å²) in [5.41, 5.74) is 0. The summed E-state index contributed by atoms with van der Waals surface area (Å²) in [7, 11) is 0. The molecule has 0 aromatic carbocycles. The molecule has 0 aliphatic carbocycles. The Kier molecular flexibility index (Phi) is 5.37. The fourth-order valence-electron chi connectivity index (χ4n) is 0.820. The van der Waals surface area contributed by atoms with Gasteiger partial charge in [0.25, 0.3) is 0 Å². The van der Waals surface area contributed by atoms with Gasteiger partial charge in [-0.3, -0.25) is 4.79 Å². The van der Waals surface area contributed by atoms with Gasteiger partial charge in [-0.15, -0.1) is 6.58 Å². The van der Waals surface area contributed by atoms with Crippen molar-refractivity contribution in [1.29, 1.82) is 0 Å². The zero-order valence-electron chi connectivity index (χ0n) is 7.71. The van der Waals surface area contributed by atoms with Gasteiger partial charge in [-0.2, -0.15) is 0 Å². The molecule has 0 aliphatic heterocycles. The van der Waals surface area contributed by atoms with E-state index in [9.17, 15) is 4.79 Å². The molecule has 0 unspecified atom stereocenters. The molecule has 12 heavy (non-hydrogen) atoms. The molecule has 1 amide bonds. The molecule has 0 heterocycles. The average Bonchev–Trinajstić information content (AvgIpc) is 2.00. The summed E-state index contributed by atoms with van der Waals surface area (Å²) in [6.07, 6.45) is 1.85. The lowest BCUT2D eigenvalue weighted by molar-refractivity contribution is -0.121. The molecular weight excluding hydrogens is 154 g/mol. The number of aliphatic hydroxyl groups is 1. The lowest BCUT2D eigenvalue weighted by Gasteiger charge is -2.19. The number of hydrogen-bond acceptors (Lipinski definition) is 2. The van der Waals surface area contributed by atoms with Crippen LogP contribution in [0.2, 0.25) is 0 Å². The summed E-state index contributed by atoms with van der Waals surface area (Å²) >= 11 is 0. The van der Waals surface area contributed by atoms with Crippen LogP contribution in [0.15, 0.2) is 12.7 Å². The second-order valence-corrected chi connectivity index (χ2v) is 3.09. The van der Waals surface area contributed by atoms with Gasteiger partial charge in [0.1, 0.15) is 0 Å². The number of amides is 1. The van der Waals surface area contributed by atoms with Crippen LogP contribution in [0.3, 0.4) is 0 Å². The maximum atomic E-state index is 11.0. The summed E-state index contributed by atoms with van der Waals surface area (Å²) in [5.74, 6) is 0.168. The van der Waals surface area contributed by atoms with Gasteiger partial charge in [-0.05, 0) is 5.92 Å². The third kappa shape index (κ3) is 4.13. The Balaban J connectivity index is 3.85. The van der Waals surface area contributed by atoms with Gasteiger partial charge in [-0.1, -0.05) is 19.9 Å². The van der Waals surface area contributed by atoms with Crippen LogP contribution in [-0.2, 0) is 4.79 Å². The first kappa shape index (κ1) is 11.2. The first-order valence-corrected chi connectivity index (χ1v) is 4.13. The van der Waals surface area contributed by atoms with Crippen molar-refractivity contribution in [2.75, 3.05) is 6.61 Å². The molecule has 3 heteroatoms. The van der Waals surface area contributed by atoms with E-state index < -0.39 is 0 Å². The minimum absolute atomic E-state index is 0.0133. The van der Waals surface area contributed by atoms with Gasteiger partial charge in [0.05, 0.1) is 12.6 Å². The second-order valence-electron chi connectivity index (χ2n) is 3.09. The lowest BCUT2D eigenvalue weighted by atomic mass is 10.1. The van der Waals surface area contributed by atoms with Crippen LogP contribution in [0.1, 0.15) is 20.3 Å². The van der Waals surface area contributed by atoms with Crippen molar-refractivity contribution in [3.05, 3.63) is 12.7 Å². The standard InChI is InChI=1S/C9H17NO2/c1-4-5-9(12)10-8(6-11)7(2)3/h4,7-8,11H,1,5-6H2,2-3H3,(H,10,12)/t8-/m1/s1. The van der Waals surface area contributed by atoms with E-state index in [0.29, 0.717) is 6.42 Å². The Bertz CT molecular complexity index is 155. The summed E-state index contributed by atoms with van der Waals surface area (Å²) < 4.78 is 0. The molecular formula is C9H17NO2. The maximum absolute atomic E-state index is 11.0. The lowest BCUT2D eigenvalue weighted by Crippen LogP contribution is -2.40. The van der Waals surface area contributed by atoms with Crippen LogP contribution in [0.4, 0.5) is 0 Å². The van der Waals surface area contributed by atoms with Crippen LogP contribution < -0.4 is 5.32 Å². The topological polar surface area (TPSA) is 49.3 Å². The van der Waals surface area contributed by atoms with E-state index in [1.54, 1.807) is 6.08 Å². The van der Waals surface area contributed by atoms with Crippen molar-refractivity contribution in [2.45, 2.75) is 26.3 Å². The summed E-state index contributed by atoms with van der Waals surface area (Å²) in [6, 6.07) is -0.141. The first-order valence-electron chi connectivity index (χ1n) is 4.13. The Morgan fingerprint density at radius 2 is 2.25 bits per heavy atom. The van der Waals surface area contributed by atoms with Crippen molar-refractivity contribution >= 4 is 5.91 Å². The first-order chi connectivity index (χ1) is 5.61. The molecule has 0 aromatic rings. The molecule has 0 radical (unpaired) electrons. The van der Waals surface area contributed by atoms with Crippen LogP contribution in [0, 0.1) is 5.92 Å². The molecule has 0 fully saturated rings. The Morgan fingerprint density at radius 1 is 1.67 bits per heavy atom. The monoisotopic (exact) mass is 171 g/mol. The van der Waals surface area contributed by atoms with Gasteiger partial charge in [-0.25, -0.2) is 0 Å². The summed E-state index contributed by atoms with van der Waals surface area (Å²) in [5, 5.41) is 11.6. The summed E-state index contributed by atoms with van der Waals surface area (Å²) in [6.45, 7) is 7.35. The highest BCUT2D eigenvalue weighted by Crippen LogP contribution is 2.00. The van der Waals surface area contributed by atoms with Gasteiger partial charge in [0.2, 0.25) is 5.91 Å². The van der Waals surface area contributed by atoms with E-state index >= 15 is 0 Å². The predicted octanol–water partition coefficient (Wildman–Crippen LogP) is 0.696. The molecule has 2 N–H and O–H groups in total. The van der Waals surface area contributed by atoms with E-state index in [2.05, 4.69) is 11.9 Å². The van der Waals surface area contributed by atoms with Crippen LogP contribution in [0.5, 0.6) is 0 Å². The number of aliphatic hydroxyl groups excluding tert-OH is 1. The summed E-state index contributed by atoms with van der Waals surface area (Å²) in [4.78, 5) is 11.0. The highest BCUT2D eigenvalue weighted by atomic mass is 16.3. The number of nitrogens with one attached hydrogen (secondary N) is 1. The number of rotatable bonds is 5. The molecule has 0 bridgehead atoms. The zero-order valence-corrected chi connectivity index (χ0v) is 7.71. The van der Waals surface area contributed by atoms with Crippen LogP contribution in [0.25, 0.3) is 0 Å². The van der Waals surface area contributed by atoms with E-state index in [1.165, 1.54) is 0 Å². The smallest absolute Gasteiger partial charge is 0.224 e. The van der Waals surface area contributed by atoms with Crippen molar-refractivity contribution in [1.82, 2.24) is 5.32 Å². The minimum atomic E-state index is -0.141. The fourth-order valence-corrected chi connectivity index (χ4v) is 0.820. The largest absolute Gasteiger partial charge is 0.394 e. The van der Waals surface area contributed by atoms with Gasteiger partial charge in [0.15, 0.2) is 0 Å². The molecule has 0 spiro atoms. The Hall–Kier alpha value is -0.830. The number of hydrogen-bond donors (Lipinski definition) is 2. The highest BCUT2D eigenvalue weighted by Gasteiger charge is 2.13. The quantitative estimate of drug-likeness (QED) is 0.598. The number of carbonyl (C=O) groups is 1. The van der Waals surface area contributed by atoms with E-state index in [-0.39, 0.29) is 24.5 Å². The minimum Gasteiger partial charge on any atom is -0.394 e. The Labute approximate surface area is 73.5 Å². The van der Waals surface area contributed by atoms with Crippen LogP contribution in [-0.4, -0.2) is 23.7 Å². The molecule has 3 nitrogen and oxygen atoms in total. The number of carbonyl (C=O) groups excluding carboxylic acids is 1. The fraction of sp³-hybridized carbons (Fsp3) is 0.667. The van der Waals surface area contributed by atoms with Gasteiger partial charge < -0.3 is 10.4 Å².